The molecule has 0 unspecified atom stereocenters. The van der Waals surface area contributed by atoms with Crippen molar-refractivity contribution in [3.05, 3.63) is 41.0 Å². The zero-order valence-electron chi connectivity index (χ0n) is 7.56. The molecule has 0 aliphatic heterocycles. The molecule has 0 amide bonds. The fourth-order valence-corrected chi connectivity index (χ4v) is 1.83. The van der Waals surface area contributed by atoms with Crippen LogP contribution >= 0.6 is 11.3 Å². The Bertz CT molecular complexity index is 559. The fraction of sp³-hybridized carbons (Fsp3) is 0. The van der Waals surface area contributed by atoms with E-state index in [1.807, 2.05) is 6.07 Å². The standard InChI is InChI=1S/C11H4N3S/c12-4-8-1-2-10(9(3-8)5-13)11-6-14-7-15-11/h1-3,6H. The minimum Gasteiger partial charge on any atom is -0.241 e. The number of nitrogens with zero attached hydrogens (tertiary/aromatic N) is 3. The topological polar surface area (TPSA) is 60.5 Å². The zero-order valence-corrected chi connectivity index (χ0v) is 8.38. The molecule has 2 rings (SSSR count). The molecule has 0 bridgehead atoms. The molecule has 0 aliphatic carbocycles. The third kappa shape index (κ3) is 1.71. The minimum absolute atomic E-state index is 0.490. The molecule has 15 heavy (non-hydrogen) atoms. The van der Waals surface area contributed by atoms with Crippen LogP contribution in [0.5, 0.6) is 0 Å². The van der Waals surface area contributed by atoms with Gasteiger partial charge in [-0.3, -0.25) is 0 Å². The largest absolute Gasteiger partial charge is 0.241 e. The van der Waals surface area contributed by atoms with E-state index >= 15 is 0 Å². The summed E-state index contributed by atoms with van der Waals surface area (Å²) in [5, 5.41) is 17.7. The summed E-state index contributed by atoms with van der Waals surface area (Å²) >= 11 is 1.35. The summed E-state index contributed by atoms with van der Waals surface area (Å²) in [4.78, 5) is 4.72. The van der Waals surface area contributed by atoms with Gasteiger partial charge in [-0.2, -0.15) is 10.5 Å². The summed E-state index contributed by atoms with van der Waals surface area (Å²) in [5.74, 6) is 0. The lowest BCUT2D eigenvalue weighted by Gasteiger charge is -1.99. The van der Waals surface area contributed by atoms with Crippen LogP contribution in [0.25, 0.3) is 10.4 Å². The predicted octanol–water partition coefficient (Wildman–Crippen LogP) is 2.35. The fourth-order valence-electron chi connectivity index (χ4n) is 1.23. The second-order valence-corrected chi connectivity index (χ2v) is 3.63. The number of benzene rings is 1. The smallest absolute Gasteiger partial charge is 0.152 e. The van der Waals surface area contributed by atoms with Gasteiger partial charge in [0.1, 0.15) is 0 Å². The Morgan fingerprint density at radius 3 is 2.73 bits per heavy atom. The lowest BCUT2D eigenvalue weighted by atomic mass is 10.0. The van der Waals surface area contributed by atoms with E-state index < -0.39 is 0 Å². The van der Waals surface area contributed by atoms with Gasteiger partial charge in [-0.1, -0.05) is 6.07 Å². The zero-order chi connectivity index (χ0) is 10.7. The maximum atomic E-state index is 8.95. The normalized spacial score (nSPS) is 9.20. The van der Waals surface area contributed by atoms with Crippen molar-refractivity contribution < 1.29 is 0 Å². The number of hydrogen-bond acceptors (Lipinski definition) is 4. The molecule has 3 nitrogen and oxygen atoms in total. The number of aromatic nitrogens is 1. The first-order valence-electron chi connectivity index (χ1n) is 4.11. The molecular weight excluding hydrogens is 206 g/mol. The van der Waals surface area contributed by atoms with Gasteiger partial charge in [0.2, 0.25) is 0 Å². The number of nitriles is 2. The van der Waals surface area contributed by atoms with Crippen LogP contribution in [0.3, 0.4) is 0 Å². The van der Waals surface area contributed by atoms with E-state index in [-0.39, 0.29) is 0 Å². The van der Waals surface area contributed by atoms with Crippen molar-refractivity contribution in [3.8, 4) is 22.6 Å². The van der Waals surface area contributed by atoms with Gasteiger partial charge in [0.05, 0.1) is 28.1 Å². The van der Waals surface area contributed by atoms with Crippen LogP contribution in [0.4, 0.5) is 0 Å². The molecule has 1 aromatic carbocycles. The van der Waals surface area contributed by atoms with E-state index in [9.17, 15) is 0 Å². The average molecular weight is 210 g/mol. The van der Waals surface area contributed by atoms with Gasteiger partial charge >= 0.3 is 0 Å². The van der Waals surface area contributed by atoms with Gasteiger partial charge in [0.25, 0.3) is 0 Å². The first kappa shape index (κ1) is 9.39. The van der Waals surface area contributed by atoms with Crippen molar-refractivity contribution in [2.75, 3.05) is 0 Å². The maximum Gasteiger partial charge on any atom is 0.152 e. The molecule has 0 saturated heterocycles. The van der Waals surface area contributed by atoms with Crippen LogP contribution in [0.1, 0.15) is 11.1 Å². The molecule has 0 spiro atoms. The quantitative estimate of drug-likeness (QED) is 0.725. The highest BCUT2D eigenvalue weighted by molar-refractivity contribution is 7.12. The molecule has 0 fully saturated rings. The minimum atomic E-state index is 0.490. The highest BCUT2D eigenvalue weighted by Crippen LogP contribution is 2.26. The molecule has 4 heteroatoms. The van der Waals surface area contributed by atoms with Crippen LogP contribution < -0.4 is 0 Å². The Morgan fingerprint density at radius 2 is 2.13 bits per heavy atom. The molecule has 1 radical (unpaired) electrons. The third-order valence-electron chi connectivity index (χ3n) is 1.92. The van der Waals surface area contributed by atoms with Crippen LogP contribution in [-0.4, -0.2) is 4.98 Å². The summed E-state index contributed by atoms with van der Waals surface area (Å²) < 4.78 is 0. The lowest BCUT2D eigenvalue weighted by Crippen LogP contribution is -1.83. The second-order valence-electron chi connectivity index (χ2n) is 2.80. The molecule has 1 heterocycles. The van der Waals surface area contributed by atoms with Crippen molar-refractivity contribution in [2.45, 2.75) is 0 Å². The first-order valence-corrected chi connectivity index (χ1v) is 4.93. The molecular formula is C11H4N3S. The summed E-state index contributed by atoms with van der Waals surface area (Å²) in [6, 6.07) is 9.11. The molecule has 1 aromatic heterocycles. The highest BCUT2D eigenvalue weighted by atomic mass is 32.1. The van der Waals surface area contributed by atoms with Gasteiger partial charge in [0, 0.05) is 11.8 Å². The highest BCUT2D eigenvalue weighted by Gasteiger charge is 2.07. The van der Waals surface area contributed by atoms with Gasteiger partial charge < -0.3 is 0 Å². The van der Waals surface area contributed by atoms with E-state index in [1.165, 1.54) is 11.3 Å². The van der Waals surface area contributed by atoms with Crippen LogP contribution in [0, 0.1) is 28.2 Å². The molecule has 0 N–H and O–H groups in total. The number of thiazole rings is 1. The predicted molar refractivity (Wildman–Crippen MR) is 55.8 cm³/mol. The van der Waals surface area contributed by atoms with E-state index in [0.29, 0.717) is 11.1 Å². The Labute approximate surface area is 90.9 Å². The van der Waals surface area contributed by atoms with Gasteiger partial charge in [0.15, 0.2) is 5.51 Å². The van der Waals surface area contributed by atoms with Crippen molar-refractivity contribution in [1.29, 1.82) is 10.5 Å². The van der Waals surface area contributed by atoms with Crippen molar-refractivity contribution in [3.63, 3.8) is 0 Å². The third-order valence-corrected chi connectivity index (χ3v) is 2.67. The Kier molecular flexibility index (Phi) is 2.45. The Balaban J connectivity index is 2.60. The molecule has 69 valence electrons. The van der Waals surface area contributed by atoms with Gasteiger partial charge in [-0.05, 0) is 12.1 Å². The number of rotatable bonds is 1. The van der Waals surface area contributed by atoms with Crippen LogP contribution in [-0.2, 0) is 0 Å². The lowest BCUT2D eigenvalue weighted by molar-refractivity contribution is 1.40. The molecule has 0 saturated carbocycles. The van der Waals surface area contributed by atoms with Crippen molar-refractivity contribution in [1.82, 2.24) is 4.98 Å². The Morgan fingerprint density at radius 1 is 1.27 bits per heavy atom. The van der Waals surface area contributed by atoms with Gasteiger partial charge in [-0.25, -0.2) is 4.98 Å². The van der Waals surface area contributed by atoms with E-state index in [2.05, 4.69) is 16.6 Å². The van der Waals surface area contributed by atoms with Crippen molar-refractivity contribution in [2.24, 2.45) is 0 Å². The summed E-state index contributed by atoms with van der Waals surface area (Å²) in [6.07, 6.45) is 1.66. The summed E-state index contributed by atoms with van der Waals surface area (Å²) in [5.41, 5.74) is 4.51. The van der Waals surface area contributed by atoms with Crippen molar-refractivity contribution >= 4 is 11.3 Å². The van der Waals surface area contributed by atoms with Crippen LogP contribution in [0.15, 0.2) is 24.4 Å². The molecule has 0 aliphatic rings. The van der Waals surface area contributed by atoms with E-state index in [1.54, 1.807) is 24.4 Å². The monoisotopic (exact) mass is 210 g/mol. The molecule has 2 aromatic rings. The van der Waals surface area contributed by atoms with E-state index in [0.717, 1.165) is 10.4 Å². The van der Waals surface area contributed by atoms with Gasteiger partial charge in [-0.15, -0.1) is 11.3 Å². The second kappa shape index (κ2) is 3.91. The summed E-state index contributed by atoms with van der Waals surface area (Å²) in [6.45, 7) is 0. The SMILES string of the molecule is N#Cc1ccc(-c2cn[c]s2)c(C#N)c1. The maximum absolute atomic E-state index is 8.95. The van der Waals surface area contributed by atoms with E-state index in [4.69, 9.17) is 10.5 Å². The Hall–Kier alpha value is -2.17. The summed E-state index contributed by atoms with van der Waals surface area (Å²) in [7, 11) is 0. The first-order chi connectivity index (χ1) is 7.35. The van der Waals surface area contributed by atoms with Crippen LogP contribution in [0.2, 0.25) is 0 Å². The number of hydrogen-bond donors (Lipinski definition) is 0. The molecule has 0 atom stereocenters. The average Bonchev–Trinajstić information content (AvgIpc) is 2.81.